The number of aromatic amines is 1. The highest BCUT2D eigenvalue weighted by molar-refractivity contribution is 7.18. The van der Waals surface area contributed by atoms with Crippen molar-refractivity contribution in [3.63, 3.8) is 0 Å². The van der Waals surface area contributed by atoms with Crippen molar-refractivity contribution < 1.29 is 17.0 Å². The first kappa shape index (κ1) is 21.0. The lowest BCUT2D eigenvalue weighted by molar-refractivity contribution is -0.653. The first-order chi connectivity index (χ1) is 13.7. The minimum Gasteiger partial charge on any atom is -1.00 e. The number of nitrogens with zero attached hydrogens (tertiary/aromatic N) is 4. The molecule has 0 radical (unpaired) electrons. The maximum atomic E-state index is 4.69. The normalized spacial score (nSPS) is 11.1. The fourth-order valence-electron chi connectivity index (χ4n) is 3.32. The SMILES string of the molecule is CCN(CC)c1c[n+](C)c(N=Nc2c(-c3ccccc3)[nH]c3ccccc23)s1.[Cl-]. The van der Waals surface area contributed by atoms with Gasteiger partial charge in [-0.05, 0) is 36.4 Å². The van der Waals surface area contributed by atoms with E-state index in [1.807, 2.05) is 41.9 Å². The zero-order valence-electron chi connectivity index (χ0n) is 16.8. The van der Waals surface area contributed by atoms with Gasteiger partial charge in [-0.15, -0.1) is 0 Å². The summed E-state index contributed by atoms with van der Waals surface area (Å²) in [5.41, 5.74) is 4.04. The minimum absolute atomic E-state index is 0. The zero-order chi connectivity index (χ0) is 19.5. The summed E-state index contributed by atoms with van der Waals surface area (Å²) in [7, 11) is 2.02. The summed E-state index contributed by atoms with van der Waals surface area (Å²) in [6.07, 6.45) is 2.12. The van der Waals surface area contributed by atoms with Gasteiger partial charge in [0.25, 0.3) is 0 Å². The molecule has 0 aliphatic carbocycles. The Morgan fingerprint density at radius 2 is 1.66 bits per heavy atom. The van der Waals surface area contributed by atoms with Crippen LogP contribution in [-0.4, -0.2) is 18.1 Å². The molecule has 4 aromatic rings. The van der Waals surface area contributed by atoms with Crippen LogP contribution in [-0.2, 0) is 7.05 Å². The molecule has 0 aliphatic heterocycles. The predicted octanol–water partition coefficient (Wildman–Crippen LogP) is 2.99. The number of hydrogen-bond donors (Lipinski definition) is 1. The van der Waals surface area contributed by atoms with Gasteiger partial charge in [-0.2, -0.15) is 0 Å². The van der Waals surface area contributed by atoms with Crippen LogP contribution in [0.4, 0.5) is 15.8 Å². The van der Waals surface area contributed by atoms with Crippen LogP contribution in [0.2, 0.25) is 0 Å². The third-order valence-electron chi connectivity index (χ3n) is 4.85. The molecule has 0 aliphatic rings. The van der Waals surface area contributed by atoms with Gasteiger partial charge in [0, 0.05) is 29.6 Å². The molecule has 5 nitrogen and oxygen atoms in total. The van der Waals surface area contributed by atoms with Crippen LogP contribution < -0.4 is 21.9 Å². The van der Waals surface area contributed by atoms with Gasteiger partial charge in [-0.1, -0.05) is 48.5 Å². The largest absolute Gasteiger partial charge is 1.00 e. The number of thiazole rings is 1. The Hall–Kier alpha value is -2.70. The van der Waals surface area contributed by atoms with Gasteiger partial charge in [0.2, 0.25) is 0 Å². The van der Waals surface area contributed by atoms with Crippen LogP contribution in [0.25, 0.3) is 22.2 Å². The van der Waals surface area contributed by atoms with E-state index in [0.29, 0.717) is 0 Å². The van der Waals surface area contributed by atoms with E-state index in [9.17, 15) is 0 Å². The molecule has 2 aromatic heterocycles. The van der Waals surface area contributed by atoms with Crippen LogP contribution in [0.1, 0.15) is 13.8 Å². The lowest BCUT2D eigenvalue weighted by atomic mass is 10.1. The van der Waals surface area contributed by atoms with E-state index >= 15 is 0 Å². The lowest BCUT2D eigenvalue weighted by Crippen LogP contribution is -3.00. The fraction of sp³-hybridized carbons (Fsp3) is 0.227. The molecule has 0 amide bonds. The highest BCUT2D eigenvalue weighted by atomic mass is 35.5. The van der Waals surface area contributed by atoms with Crippen LogP contribution in [0.3, 0.4) is 0 Å². The van der Waals surface area contributed by atoms with E-state index in [1.165, 1.54) is 5.00 Å². The lowest BCUT2D eigenvalue weighted by Gasteiger charge is -2.16. The maximum absolute atomic E-state index is 4.69. The van der Waals surface area contributed by atoms with Crippen molar-refractivity contribution in [2.45, 2.75) is 13.8 Å². The molecule has 29 heavy (non-hydrogen) atoms. The molecule has 150 valence electrons. The Morgan fingerprint density at radius 1 is 0.966 bits per heavy atom. The van der Waals surface area contributed by atoms with Gasteiger partial charge < -0.3 is 22.3 Å². The summed E-state index contributed by atoms with van der Waals surface area (Å²) in [5, 5.41) is 12.5. The summed E-state index contributed by atoms with van der Waals surface area (Å²) in [4.78, 5) is 5.83. The quantitative estimate of drug-likeness (QED) is 0.374. The van der Waals surface area contributed by atoms with Gasteiger partial charge in [0.15, 0.2) is 0 Å². The summed E-state index contributed by atoms with van der Waals surface area (Å²) in [6, 6.07) is 18.5. The monoisotopic (exact) mass is 425 g/mol. The number of H-pyrrole nitrogens is 1. The average molecular weight is 426 g/mol. The Morgan fingerprint density at radius 3 is 2.38 bits per heavy atom. The number of rotatable bonds is 6. The number of aryl methyl sites for hydroxylation is 1. The van der Waals surface area contributed by atoms with Gasteiger partial charge in [-0.3, -0.25) is 0 Å². The molecule has 0 saturated heterocycles. The third-order valence-corrected chi connectivity index (χ3v) is 5.98. The molecule has 0 spiro atoms. The van der Waals surface area contributed by atoms with Crippen molar-refractivity contribution in [2.75, 3.05) is 18.0 Å². The van der Waals surface area contributed by atoms with Crippen LogP contribution >= 0.6 is 11.3 Å². The molecular weight excluding hydrogens is 402 g/mol. The number of azo groups is 1. The molecule has 0 saturated carbocycles. The van der Waals surface area contributed by atoms with E-state index in [-0.39, 0.29) is 12.4 Å². The highest BCUT2D eigenvalue weighted by Gasteiger charge is 2.19. The molecule has 2 heterocycles. The molecular formula is C22H24ClN5S. The number of nitrogens with one attached hydrogen (secondary N) is 1. The number of benzene rings is 2. The molecule has 0 unspecified atom stereocenters. The summed E-state index contributed by atoms with van der Waals surface area (Å²) in [6.45, 7) is 6.30. The second kappa shape index (κ2) is 9.20. The average Bonchev–Trinajstić information content (AvgIpc) is 3.28. The van der Waals surface area contributed by atoms with Crippen molar-refractivity contribution in [1.82, 2.24) is 4.98 Å². The minimum atomic E-state index is 0. The van der Waals surface area contributed by atoms with Crippen molar-refractivity contribution in [3.8, 4) is 11.3 Å². The topological polar surface area (TPSA) is 47.6 Å². The van der Waals surface area contributed by atoms with Crippen molar-refractivity contribution in [3.05, 3.63) is 60.8 Å². The van der Waals surface area contributed by atoms with Crippen LogP contribution in [0.5, 0.6) is 0 Å². The Kier molecular flexibility index (Phi) is 6.67. The molecule has 0 atom stereocenters. The molecule has 1 N–H and O–H groups in total. The first-order valence-corrected chi connectivity index (χ1v) is 10.3. The number of anilines is 1. The van der Waals surface area contributed by atoms with Crippen molar-refractivity contribution in [1.29, 1.82) is 0 Å². The van der Waals surface area contributed by atoms with Crippen molar-refractivity contribution in [2.24, 2.45) is 17.3 Å². The fourth-order valence-corrected chi connectivity index (χ4v) is 4.39. The summed E-state index contributed by atoms with van der Waals surface area (Å²) in [5.74, 6) is 0. The van der Waals surface area contributed by atoms with E-state index in [2.05, 4.69) is 59.3 Å². The van der Waals surface area contributed by atoms with Gasteiger partial charge in [-0.25, -0.2) is 4.57 Å². The Balaban J connectivity index is 0.00000240. The smallest absolute Gasteiger partial charge is 0.410 e. The van der Waals surface area contributed by atoms with E-state index in [1.54, 1.807) is 11.3 Å². The summed E-state index contributed by atoms with van der Waals surface area (Å²) < 4.78 is 2.04. The highest BCUT2D eigenvalue weighted by Crippen LogP contribution is 2.38. The molecule has 0 bridgehead atoms. The van der Waals surface area contributed by atoms with Gasteiger partial charge in [0.05, 0.1) is 17.9 Å². The van der Waals surface area contributed by atoms with Gasteiger partial charge >= 0.3 is 5.13 Å². The number of aromatic nitrogens is 2. The number of fused-ring (bicyclic) bond motifs is 1. The second-order valence-corrected chi connectivity index (χ2v) is 7.58. The molecule has 0 fully saturated rings. The van der Waals surface area contributed by atoms with Crippen LogP contribution in [0.15, 0.2) is 71.0 Å². The van der Waals surface area contributed by atoms with E-state index < -0.39 is 0 Å². The summed E-state index contributed by atoms with van der Waals surface area (Å²) >= 11 is 1.66. The van der Waals surface area contributed by atoms with Crippen LogP contribution in [0, 0.1) is 0 Å². The zero-order valence-corrected chi connectivity index (χ0v) is 18.3. The predicted molar refractivity (Wildman–Crippen MR) is 117 cm³/mol. The molecule has 2 aromatic carbocycles. The maximum Gasteiger partial charge on any atom is 0.410 e. The second-order valence-electron chi connectivity index (χ2n) is 6.60. The Labute approximate surface area is 181 Å². The van der Waals surface area contributed by atoms with E-state index in [4.69, 9.17) is 5.11 Å². The van der Waals surface area contributed by atoms with Gasteiger partial charge in [0.1, 0.15) is 16.9 Å². The van der Waals surface area contributed by atoms with Crippen molar-refractivity contribution >= 4 is 38.1 Å². The van der Waals surface area contributed by atoms with E-state index in [0.717, 1.165) is 46.1 Å². The number of hydrogen-bond acceptors (Lipinski definition) is 4. The first-order valence-electron chi connectivity index (χ1n) is 9.53. The number of halogens is 1. The molecule has 7 heteroatoms. The third kappa shape index (κ3) is 4.18. The Bertz CT molecular complexity index is 1110. The number of para-hydroxylation sites is 1. The standard InChI is InChI=1S/C22H23N5S.ClH/c1-4-27(5-2)19-15-26(3)22(28-19)25-24-21-17-13-9-10-14-18(17)23-20(21)16-11-7-6-8-12-16;/h6-15H,4-5H2,1-3H3;1H. The molecule has 4 rings (SSSR count).